The van der Waals surface area contributed by atoms with Gasteiger partial charge in [0.05, 0.1) is 22.5 Å². The zero-order chi connectivity index (χ0) is 29.0. The van der Waals surface area contributed by atoms with E-state index in [1.165, 1.54) is 19.1 Å². The number of carbonyl (C=O) groups is 2. The van der Waals surface area contributed by atoms with Gasteiger partial charge in [-0.05, 0) is 56.2 Å². The van der Waals surface area contributed by atoms with Crippen molar-refractivity contribution in [2.24, 2.45) is 0 Å². The quantitative estimate of drug-likeness (QED) is 0.368. The van der Waals surface area contributed by atoms with Gasteiger partial charge in [-0.2, -0.15) is 13.2 Å². The van der Waals surface area contributed by atoms with Gasteiger partial charge in [0, 0.05) is 22.6 Å². The molecule has 38 heavy (non-hydrogen) atoms. The van der Waals surface area contributed by atoms with Gasteiger partial charge in [-0.3, -0.25) is 13.9 Å². The first-order valence-electron chi connectivity index (χ1n) is 11.3. The average molecular weight is 617 g/mol. The standard InChI is InChI=1S/C24H27Cl3F3N3O4S/c1-5-14(2)31-23(35)15(3)32(12-16-6-8-18(25)11-20(16)27)22(34)13-33(38(4,36)37)21-10-17(24(28,29)30)7-9-19(21)26/h6-11,14-15H,5,12-13H2,1-4H3,(H,31,35). The third kappa shape index (κ3) is 8.39. The third-order valence-corrected chi connectivity index (χ3v) is 7.78. The topological polar surface area (TPSA) is 86.8 Å². The minimum Gasteiger partial charge on any atom is -0.352 e. The smallest absolute Gasteiger partial charge is 0.352 e. The summed E-state index contributed by atoms with van der Waals surface area (Å²) in [7, 11) is -4.30. The van der Waals surface area contributed by atoms with E-state index in [1.807, 2.05) is 6.92 Å². The first kappa shape index (κ1) is 32.0. The van der Waals surface area contributed by atoms with Crippen LogP contribution in [0.15, 0.2) is 36.4 Å². The molecule has 1 N–H and O–H groups in total. The Morgan fingerprint density at radius 2 is 1.66 bits per heavy atom. The fraction of sp³-hybridized carbons (Fsp3) is 0.417. The molecule has 0 aliphatic rings. The maximum atomic E-state index is 13.6. The number of rotatable bonds is 10. The van der Waals surface area contributed by atoms with Crippen molar-refractivity contribution in [3.63, 3.8) is 0 Å². The molecule has 0 bridgehead atoms. The second-order valence-corrected chi connectivity index (χ2v) is 11.8. The van der Waals surface area contributed by atoms with Gasteiger partial charge in [-0.15, -0.1) is 0 Å². The third-order valence-electron chi connectivity index (χ3n) is 5.75. The normalized spacial score (nSPS) is 13.5. The highest BCUT2D eigenvalue weighted by molar-refractivity contribution is 7.92. The van der Waals surface area contributed by atoms with E-state index in [1.54, 1.807) is 13.0 Å². The van der Waals surface area contributed by atoms with Gasteiger partial charge in [0.25, 0.3) is 0 Å². The van der Waals surface area contributed by atoms with E-state index in [0.29, 0.717) is 33.4 Å². The first-order chi connectivity index (χ1) is 17.4. The van der Waals surface area contributed by atoms with Crippen molar-refractivity contribution in [2.75, 3.05) is 17.1 Å². The number of nitrogens with zero attached hydrogens (tertiary/aromatic N) is 2. The molecule has 0 heterocycles. The van der Waals surface area contributed by atoms with Crippen molar-refractivity contribution in [2.45, 2.75) is 52.0 Å². The summed E-state index contributed by atoms with van der Waals surface area (Å²) in [6.07, 6.45) is -3.44. The van der Waals surface area contributed by atoms with Gasteiger partial charge in [0.1, 0.15) is 12.6 Å². The van der Waals surface area contributed by atoms with Crippen molar-refractivity contribution in [1.82, 2.24) is 10.2 Å². The van der Waals surface area contributed by atoms with Gasteiger partial charge >= 0.3 is 6.18 Å². The van der Waals surface area contributed by atoms with Crippen LogP contribution in [-0.4, -0.2) is 50.0 Å². The zero-order valence-electron chi connectivity index (χ0n) is 20.9. The molecule has 0 radical (unpaired) electrons. The van der Waals surface area contributed by atoms with E-state index in [2.05, 4.69) is 5.32 Å². The van der Waals surface area contributed by atoms with E-state index in [0.717, 1.165) is 17.2 Å². The zero-order valence-corrected chi connectivity index (χ0v) is 24.0. The fourth-order valence-corrected chi connectivity index (χ4v) is 4.95. The van der Waals surface area contributed by atoms with Crippen molar-refractivity contribution in [3.8, 4) is 0 Å². The van der Waals surface area contributed by atoms with Crippen LogP contribution in [-0.2, 0) is 32.3 Å². The van der Waals surface area contributed by atoms with Crippen LogP contribution < -0.4 is 9.62 Å². The van der Waals surface area contributed by atoms with Crippen molar-refractivity contribution in [3.05, 3.63) is 62.6 Å². The first-order valence-corrected chi connectivity index (χ1v) is 14.3. The molecule has 14 heteroatoms. The Hall–Kier alpha value is -2.21. The number of amides is 2. The second-order valence-electron chi connectivity index (χ2n) is 8.68. The molecule has 0 aromatic heterocycles. The lowest BCUT2D eigenvalue weighted by Crippen LogP contribution is -2.52. The maximum absolute atomic E-state index is 13.6. The summed E-state index contributed by atoms with van der Waals surface area (Å²) in [5, 5.41) is 2.98. The number of anilines is 1. The Labute approximate surface area is 234 Å². The van der Waals surface area contributed by atoms with Crippen LogP contribution in [0, 0.1) is 0 Å². The van der Waals surface area contributed by atoms with Crippen molar-refractivity contribution >= 4 is 62.3 Å². The molecular formula is C24H27Cl3F3N3O4S. The Bertz CT molecular complexity index is 1290. The lowest BCUT2D eigenvalue weighted by Gasteiger charge is -2.32. The number of nitrogens with one attached hydrogen (secondary N) is 1. The SMILES string of the molecule is CCC(C)NC(=O)C(C)N(Cc1ccc(Cl)cc1Cl)C(=O)CN(c1cc(C(F)(F)F)ccc1Cl)S(C)(=O)=O. The molecule has 210 valence electrons. The van der Waals surface area contributed by atoms with Crippen molar-refractivity contribution < 1.29 is 31.2 Å². The van der Waals surface area contributed by atoms with Crippen LogP contribution in [0.25, 0.3) is 0 Å². The van der Waals surface area contributed by atoms with Gasteiger partial charge < -0.3 is 10.2 Å². The molecule has 7 nitrogen and oxygen atoms in total. The minimum atomic E-state index is -4.79. The van der Waals surface area contributed by atoms with Gasteiger partial charge in [0.2, 0.25) is 21.8 Å². The van der Waals surface area contributed by atoms with Crippen LogP contribution in [0.3, 0.4) is 0 Å². The maximum Gasteiger partial charge on any atom is 0.416 e. The van der Waals surface area contributed by atoms with Gasteiger partial charge in [-0.1, -0.05) is 47.8 Å². The summed E-state index contributed by atoms with van der Waals surface area (Å²) in [6, 6.07) is 5.36. The number of alkyl halides is 3. The van der Waals surface area contributed by atoms with Crippen LogP contribution in [0.5, 0.6) is 0 Å². The van der Waals surface area contributed by atoms with Crippen LogP contribution >= 0.6 is 34.8 Å². The molecule has 0 aliphatic heterocycles. The molecule has 0 aliphatic carbocycles. The second kappa shape index (κ2) is 12.8. The summed E-state index contributed by atoms with van der Waals surface area (Å²) in [4.78, 5) is 27.6. The molecule has 0 spiro atoms. The lowest BCUT2D eigenvalue weighted by atomic mass is 10.1. The summed E-state index contributed by atoms with van der Waals surface area (Å²) in [5.41, 5.74) is -1.27. The molecule has 0 saturated carbocycles. The molecule has 2 aromatic rings. The number of carbonyl (C=O) groups excluding carboxylic acids is 2. The Kier molecular flexibility index (Phi) is 10.7. The fourth-order valence-electron chi connectivity index (χ4n) is 3.36. The highest BCUT2D eigenvalue weighted by Gasteiger charge is 2.35. The van der Waals surface area contributed by atoms with E-state index in [-0.39, 0.29) is 22.6 Å². The highest BCUT2D eigenvalue weighted by atomic mass is 35.5. The van der Waals surface area contributed by atoms with Crippen molar-refractivity contribution in [1.29, 1.82) is 0 Å². The van der Waals surface area contributed by atoms with E-state index < -0.39 is 51.9 Å². The molecule has 0 saturated heterocycles. The van der Waals surface area contributed by atoms with Gasteiger partial charge in [-0.25, -0.2) is 8.42 Å². The molecule has 2 rings (SSSR count). The number of hydrogen-bond acceptors (Lipinski definition) is 4. The monoisotopic (exact) mass is 615 g/mol. The predicted octanol–water partition coefficient (Wildman–Crippen LogP) is 5.76. The lowest BCUT2D eigenvalue weighted by molar-refractivity contribution is -0.139. The number of halogens is 6. The van der Waals surface area contributed by atoms with Gasteiger partial charge in [0.15, 0.2) is 0 Å². The van der Waals surface area contributed by atoms with E-state index in [4.69, 9.17) is 34.8 Å². The van der Waals surface area contributed by atoms with Crippen LogP contribution in [0.2, 0.25) is 15.1 Å². The summed E-state index contributed by atoms with van der Waals surface area (Å²) in [5.74, 6) is -1.39. The Morgan fingerprint density at radius 3 is 2.18 bits per heavy atom. The average Bonchev–Trinajstić information content (AvgIpc) is 2.80. The number of benzene rings is 2. The summed E-state index contributed by atoms with van der Waals surface area (Å²) in [6.45, 7) is 3.94. The molecule has 2 unspecified atom stereocenters. The van der Waals surface area contributed by atoms with E-state index >= 15 is 0 Å². The molecular weight excluding hydrogens is 590 g/mol. The van der Waals surface area contributed by atoms with Crippen LogP contribution in [0.4, 0.5) is 18.9 Å². The summed E-state index contributed by atoms with van der Waals surface area (Å²) < 4.78 is 65.8. The molecule has 2 aromatic carbocycles. The molecule has 2 amide bonds. The minimum absolute atomic E-state index is 0.200. The largest absolute Gasteiger partial charge is 0.416 e. The number of sulfonamides is 1. The predicted molar refractivity (Wildman–Crippen MR) is 143 cm³/mol. The molecule has 0 fully saturated rings. The molecule has 2 atom stereocenters. The Balaban J connectivity index is 2.53. The highest BCUT2D eigenvalue weighted by Crippen LogP contribution is 2.36. The number of hydrogen-bond donors (Lipinski definition) is 1. The Morgan fingerprint density at radius 1 is 1.03 bits per heavy atom. The van der Waals surface area contributed by atoms with Crippen LogP contribution in [0.1, 0.15) is 38.3 Å². The van der Waals surface area contributed by atoms with E-state index in [9.17, 15) is 31.2 Å². The summed E-state index contributed by atoms with van der Waals surface area (Å²) >= 11 is 18.3.